The van der Waals surface area contributed by atoms with Crippen molar-refractivity contribution in [2.24, 2.45) is 5.11 Å². The molecule has 0 radical (unpaired) electrons. The highest BCUT2D eigenvalue weighted by Crippen LogP contribution is 2.29. The molecule has 0 aliphatic carbocycles. The lowest BCUT2D eigenvalue weighted by atomic mass is 10.1. The van der Waals surface area contributed by atoms with Gasteiger partial charge >= 0.3 is 0 Å². The van der Waals surface area contributed by atoms with E-state index in [1.54, 1.807) is 12.1 Å². The number of para-hydroxylation sites is 1. The maximum Gasteiger partial charge on any atom is 0.252 e. The molecule has 0 atom stereocenters. The first-order valence-electron chi connectivity index (χ1n) is 4.17. The maximum atomic E-state index is 11.3. The van der Waals surface area contributed by atoms with E-state index >= 15 is 0 Å². The highest BCUT2D eigenvalue weighted by molar-refractivity contribution is 5.98. The molecule has 1 aliphatic heterocycles. The minimum Gasteiger partial charge on any atom is -0.492 e. The molecule has 2 rings (SSSR count). The Morgan fingerprint density at radius 2 is 2.43 bits per heavy atom. The van der Waals surface area contributed by atoms with Crippen LogP contribution in [0.15, 0.2) is 23.3 Å². The normalized spacial score (nSPS) is 12.6. The van der Waals surface area contributed by atoms with E-state index < -0.39 is 5.91 Å². The first-order valence-corrected chi connectivity index (χ1v) is 4.17. The van der Waals surface area contributed by atoms with Crippen LogP contribution in [0.1, 0.15) is 15.9 Å². The number of rotatable bonds is 1. The zero-order chi connectivity index (χ0) is 9.97. The number of ether oxygens (including phenoxy) is 1. The molecule has 1 amide bonds. The standard InChI is InChI=1S/C9H7N3O2/c10-12-11-9(13)7-3-1-2-6-4-5-14-8(6)7/h1-3H,4-5H2. The summed E-state index contributed by atoms with van der Waals surface area (Å²) in [5.74, 6) is -0.0313. The van der Waals surface area contributed by atoms with E-state index in [2.05, 4.69) is 10.0 Å². The van der Waals surface area contributed by atoms with Gasteiger partial charge in [-0.3, -0.25) is 4.79 Å². The van der Waals surface area contributed by atoms with Crippen LogP contribution in [-0.4, -0.2) is 12.5 Å². The van der Waals surface area contributed by atoms with Gasteiger partial charge in [-0.2, -0.15) is 0 Å². The van der Waals surface area contributed by atoms with Crippen molar-refractivity contribution >= 4 is 5.91 Å². The molecule has 70 valence electrons. The molecule has 5 nitrogen and oxygen atoms in total. The van der Waals surface area contributed by atoms with Gasteiger partial charge in [0.25, 0.3) is 5.91 Å². The molecule has 0 fully saturated rings. The van der Waals surface area contributed by atoms with Crippen LogP contribution in [0, 0.1) is 0 Å². The fraction of sp³-hybridized carbons (Fsp3) is 0.222. The molecule has 1 aromatic rings. The number of nitrogens with zero attached hydrogens (tertiary/aromatic N) is 3. The molecular weight excluding hydrogens is 182 g/mol. The number of carbonyl (C=O) groups is 1. The van der Waals surface area contributed by atoms with Gasteiger partial charge in [0.15, 0.2) is 0 Å². The monoisotopic (exact) mass is 189 g/mol. The molecule has 0 saturated carbocycles. The van der Waals surface area contributed by atoms with Gasteiger partial charge in [-0.1, -0.05) is 12.1 Å². The molecule has 1 heterocycles. The van der Waals surface area contributed by atoms with Gasteiger partial charge in [0.2, 0.25) is 0 Å². The predicted octanol–water partition coefficient (Wildman–Crippen LogP) is 2.07. The third-order valence-electron chi connectivity index (χ3n) is 2.08. The second-order valence-corrected chi connectivity index (χ2v) is 2.89. The smallest absolute Gasteiger partial charge is 0.252 e. The molecule has 0 bridgehead atoms. The molecule has 1 aliphatic rings. The minimum atomic E-state index is -0.591. The van der Waals surface area contributed by atoms with Crippen molar-refractivity contribution in [1.82, 2.24) is 0 Å². The summed E-state index contributed by atoms with van der Waals surface area (Å²) >= 11 is 0. The van der Waals surface area contributed by atoms with Crippen LogP contribution >= 0.6 is 0 Å². The topological polar surface area (TPSA) is 75.1 Å². The van der Waals surface area contributed by atoms with Crippen LogP contribution in [-0.2, 0) is 6.42 Å². The van der Waals surface area contributed by atoms with Crippen LogP contribution in [0.25, 0.3) is 10.4 Å². The SMILES string of the molecule is [N-]=[N+]=NC(=O)c1cccc2c1OCC2. The van der Waals surface area contributed by atoms with Crippen molar-refractivity contribution in [2.75, 3.05) is 6.61 Å². The van der Waals surface area contributed by atoms with E-state index in [1.165, 1.54) is 0 Å². The van der Waals surface area contributed by atoms with Crippen LogP contribution in [0.3, 0.4) is 0 Å². The van der Waals surface area contributed by atoms with Crippen molar-refractivity contribution < 1.29 is 9.53 Å². The van der Waals surface area contributed by atoms with Gasteiger partial charge in [-0.25, -0.2) is 0 Å². The molecule has 1 aromatic carbocycles. The number of amides is 1. The first kappa shape index (κ1) is 8.59. The van der Waals surface area contributed by atoms with Crippen LogP contribution < -0.4 is 4.74 Å². The zero-order valence-electron chi connectivity index (χ0n) is 7.30. The summed E-state index contributed by atoms with van der Waals surface area (Å²) in [7, 11) is 0. The third kappa shape index (κ3) is 1.30. The van der Waals surface area contributed by atoms with Crippen molar-refractivity contribution in [3.63, 3.8) is 0 Å². The largest absolute Gasteiger partial charge is 0.492 e. The van der Waals surface area contributed by atoms with Crippen LogP contribution in [0.4, 0.5) is 0 Å². The van der Waals surface area contributed by atoms with Gasteiger partial charge < -0.3 is 4.74 Å². The Hall–Kier alpha value is -2.00. The number of azide groups is 1. The van der Waals surface area contributed by atoms with Gasteiger partial charge in [0.05, 0.1) is 12.2 Å². The summed E-state index contributed by atoms with van der Waals surface area (Å²) in [4.78, 5) is 13.8. The molecular formula is C9H7N3O2. The van der Waals surface area contributed by atoms with Crippen molar-refractivity contribution in [3.05, 3.63) is 39.8 Å². The predicted molar refractivity (Wildman–Crippen MR) is 49.1 cm³/mol. The minimum absolute atomic E-state index is 0.345. The fourth-order valence-corrected chi connectivity index (χ4v) is 1.48. The number of fused-ring (bicyclic) bond motifs is 1. The van der Waals surface area contributed by atoms with Crippen molar-refractivity contribution in [1.29, 1.82) is 0 Å². The number of hydrogen-bond acceptors (Lipinski definition) is 2. The number of carbonyl (C=O) groups excluding carboxylic acids is 1. The first-order chi connectivity index (χ1) is 6.83. The highest BCUT2D eigenvalue weighted by Gasteiger charge is 2.19. The van der Waals surface area contributed by atoms with E-state index in [0.29, 0.717) is 17.9 Å². The maximum absolute atomic E-state index is 11.3. The van der Waals surface area contributed by atoms with Crippen LogP contribution in [0.2, 0.25) is 0 Å². The Kier molecular flexibility index (Phi) is 2.08. The Morgan fingerprint density at radius 3 is 3.21 bits per heavy atom. The number of benzene rings is 1. The molecule has 0 spiro atoms. The summed E-state index contributed by atoms with van der Waals surface area (Å²) in [6, 6.07) is 5.25. The van der Waals surface area contributed by atoms with E-state index in [0.717, 1.165) is 12.0 Å². The second kappa shape index (κ2) is 3.40. The van der Waals surface area contributed by atoms with Crippen LogP contribution in [0.5, 0.6) is 5.75 Å². The third-order valence-corrected chi connectivity index (χ3v) is 2.08. The number of hydrogen-bond donors (Lipinski definition) is 0. The Bertz CT molecular complexity index is 436. The highest BCUT2D eigenvalue weighted by atomic mass is 16.5. The average molecular weight is 189 g/mol. The molecule has 0 aromatic heterocycles. The zero-order valence-corrected chi connectivity index (χ0v) is 7.30. The van der Waals surface area contributed by atoms with Gasteiger partial charge in [-0.05, 0) is 22.3 Å². The average Bonchev–Trinajstić information content (AvgIpc) is 2.65. The lowest BCUT2D eigenvalue weighted by molar-refractivity contribution is 0.0997. The summed E-state index contributed by atoms with van der Waals surface area (Å²) in [5, 5.41) is 3.03. The molecule has 5 heteroatoms. The van der Waals surface area contributed by atoms with E-state index in [1.807, 2.05) is 6.07 Å². The Morgan fingerprint density at radius 1 is 1.57 bits per heavy atom. The lowest BCUT2D eigenvalue weighted by Gasteiger charge is -2.02. The molecule has 0 N–H and O–H groups in total. The summed E-state index contributed by atoms with van der Waals surface area (Å²) < 4.78 is 5.29. The molecule has 0 saturated heterocycles. The molecule has 14 heavy (non-hydrogen) atoms. The second-order valence-electron chi connectivity index (χ2n) is 2.89. The van der Waals surface area contributed by atoms with E-state index in [4.69, 9.17) is 10.3 Å². The Balaban J connectivity index is 2.49. The molecule has 0 unspecified atom stereocenters. The van der Waals surface area contributed by atoms with Crippen molar-refractivity contribution in [3.8, 4) is 5.75 Å². The van der Waals surface area contributed by atoms with Gasteiger partial charge in [-0.15, -0.1) is 0 Å². The summed E-state index contributed by atoms with van der Waals surface area (Å²) in [6.45, 7) is 0.579. The summed E-state index contributed by atoms with van der Waals surface area (Å²) in [6.07, 6.45) is 0.798. The van der Waals surface area contributed by atoms with Gasteiger partial charge in [0, 0.05) is 11.3 Å². The Labute approximate surface area is 79.9 Å². The van der Waals surface area contributed by atoms with E-state index in [9.17, 15) is 4.79 Å². The summed E-state index contributed by atoms with van der Waals surface area (Å²) in [5.41, 5.74) is 9.48. The van der Waals surface area contributed by atoms with Crippen molar-refractivity contribution in [2.45, 2.75) is 6.42 Å². The van der Waals surface area contributed by atoms with Gasteiger partial charge in [0.1, 0.15) is 5.75 Å². The van der Waals surface area contributed by atoms with E-state index in [-0.39, 0.29) is 0 Å². The lowest BCUT2D eigenvalue weighted by Crippen LogP contribution is -1.97. The fourth-order valence-electron chi connectivity index (χ4n) is 1.48. The quantitative estimate of drug-likeness (QED) is 0.385.